The van der Waals surface area contributed by atoms with Gasteiger partial charge in [0.25, 0.3) is 5.91 Å². The molecule has 0 bridgehead atoms. The summed E-state index contributed by atoms with van der Waals surface area (Å²) in [5.74, 6) is 1.24. The average Bonchev–Trinajstić information content (AvgIpc) is 2.96. The maximum Gasteiger partial charge on any atom is 0.257 e. The van der Waals surface area contributed by atoms with Gasteiger partial charge in [0.1, 0.15) is 0 Å². The van der Waals surface area contributed by atoms with E-state index in [1.807, 2.05) is 17.8 Å². The summed E-state index contributed by atoms with van der Waals surface area (Å²) in [4.78, 5) is 14.7. The lowest BCUT2D eigenvalue weighted by atomic mass is 9.87. The van der Waals surface area contributed by atoms with Crippen LogP contribution in [0.3, 0.4) is 0 Å². The van der Waals surface area contributed by atoms with Crippen molar-refractivity contribution in [1.29, 1.82) is 0 Å². The Hall–Kier alpha value is -0.970. The highest BCUT2D eigenvalue weighted by Crippen LogP contribution is 2.42. The molecule has 110 valence electrons. The number of hydrogen-bond donors (Lipinski definition) is 0. The Kier molecular flexibility index (Phi) is 4.06. The molecule has 2 heterocycles. The summed E-state index contributed by atoms with van der Waals surface area (Å²) in [6.07, 6.45) is 10.1. The number of hydrogen-bond acceptors (Lipinski definition) is 3. The molecule has 2 fully saturated rings. The Morgan fingerprint density at radius 3 is 2.90 bits per heavy atom. The molecule has 1 aromatic heterocycles. The van der Waals surface area contributed by atoms with E-state index in [1.165, 1.54) is 32.1 Å². The minimum atomic E-state index is 0.162. The van der Waals surface area contributed by atoms with Crippen LogP contribution in [0.15, 0.2) is 12.4 Å². The number of thioether (sulfide) groups is 1. The summed E-state index contributed by atoms with van der Waals surface area (Å²) < 4.78 is 2.16. The first kappa shape index (κ1) is 14.0. The highest BCUT2D eigenvalue weighted by molar-refractivity contribution is 8.00. The number of nitrogens with zero attached hydrogens (tertiary/aromatic N) is 3. The number of aryl methyl sites for hydroxylation is 1. The molecule has 20 heavy (non-hydrogen) atoms. The van der Waals surface area contributed by atoms with Crippen LogP contribution in [-0.2, 0) is 6.54 Å². The predicted octanol–water partition coefficient (Wildman–Crippen LogP) is 2.79. The molecule has 4 nitrogen and oxygen atoms in total. The Bertz CT molecular complexity index is 474. The molecule has 5 heteroatoms. The molecule has 0 radical (unpaired) electrons. The lowest BCUT2D eigenvalue weighted by molar-refractivity contribution is 0.0730. The third kappa shape index (κ3) is 2.73. The molecule has 1 spiro atoms. The fourth-order valence-electron chi connectivity index (χ4n) is 3.35. The van der Waals surface area contributed by atoms with Crippen LogP contribution in [0.25, 0.3) is 0 Å². The summed E-state index contributed by atoms with van der Waals surface area (Å²) in [6, 6.07) is 0. The van der Waals surface area contributed by atoms with Crippen molar-refractivity contribution < 1.29 is 4.79 Å². The molecule has 3 rings (SSSR count). The van der Waals surface area contributed by atoms with Crippen LogP contribution >= 0.6 is 11.8 Å². The topological polar surface area (TPSA) is 38.1 Å². The Morgan fingerprint density at radius 1 is 1.40 bits per heavy atom. The normalized spacial score (nSPS) is 22.1. The van der Waals surface area contributed by atoms with Crippen LogP contribution in [0, 0.1) is 0 Å². The number of rotatable bonds is 2. The minimum absolute atomic E-state index is 0.162. The van der Waals surface area contributed by atoms with Crippen molar-refractivity contribution >= 4 is 17.7 Å². The van der Waals surface area contributed by atoms with Gasteiger partial charge in [-0.25, -0.2) is 0 Å². The molecule has 0 N–H and O–H groups in total. The molecular formula is C15H23N3OS. The van der Waals surface area contributed by atoms with Gasteiger partial charge in [-0.1, -0.05) is 19.3 Å². The van der Waals surface area contributed by atoms with E-state index < -0.39 is 0 Å². The molecule has 0 unspecified atom stereocenters. The second-order valence-electron chi connectivity index (χ2n) is 5.90. The van der Waals surface area contributed by atoms with Crippen LogP contribution in [0.5, 0.6) is 0 Å². The predicted molar refractivity (Wildman–Crippen MR) is 82.1 cm³/mol. The van der Waals surface area contributed by atoms with Crippen molar-refractivity contribution in [3.63, 3.8) is 0 Å². The van der Waals surface area contributed by atoms with Crippen molar-refractivity contribution in [1.82, 2.24) is 14.7 Å². The molecule has 0 atom stereocenters. The summed E-state index contributed by atoms with van der Waals surface area (Å²) >= 11 is 2.10. The zero-order chi connectivity index (χ0) is 14.0. The Morgan fingerprint density at radius 2 is 2.20 bits per heavy atom. The monoisotopic (exact) mass is 293 g/mol. The van der Waals surface area contributed by atoms with Crippen molar-refractivity contribution in [2.24, 2.45) is 0 Å². The zero-order valence-corrected chi connectivity index (χ0v) is 13.0. The molecule has 0 aromatic carbocycles. The first-order chi connectivity index (χ1) is 9.72. The van der Waals surface area contributed by atoms with Crippen LogP contribution in [0.2, 0.25) is 0 Å². The number of carbonyl (C=O) groups is 1. The molecule has 1 aliphatic heterocycles. The Balaban J connectivity index is 1.71. The maximum absolute atomic E-state index is 12.6. The van der Waals surface area contributed by atoms with Gasteiger partial charge in [0.2, 0.25) is 0 Å². The number of amides is 1. The van der Waals surface area contributed by atoms with E-state index in [0.29, 0.717) is 4.75 Å². The summed E-state index contributed by atoms with van der Waals surface area (Å²) in [7, 11) is 0. The van der Waals surface area contributed by atoms with Crippen LogP contribution in [0.4, 0.5) is 0 Å². The number of carbonyl (C=O) groups excluding carboxylic acids is 1. The smallest absolute Gasteiger partial charge is 0.257 e. The minimum Gasteiger partial charge on any atom is -0.336 e. The van der Waals surface area contributed by atoms with E-state index in [0.717, 1.165) is 31.0 Å². The highest BCUT2D eigenvalue weighted by atomic mass is 32.2. The molecule has 1 aliphatic carbocycles. The fraction of sp³-hybridized carbons (Fsp3) is 0.733. The molecule has 1 saturated heterocycles. The lowest BCUT2D eigenvalue weighted by Gasteiger charge is -2.44. The van der Waals surface area contributed by atoms with Crippen molar-refractivity contribution in [2.75, 3.05) is 18.8 Å². The first-order valence-electron chi connectivity index (χ1n) is 7.68. The van der Waals surface area contributed by atoms with Crippen molar-refractivity contribution in [3.05, 3.63) is 18.0 Å². The van der Waals surface area contributed by atoms with Gasteiger partial charge in [-0.2, -0.15) is 16.9 Å². The van der Waals surface area contributed by atoms with Gasteiger partial charge in [0, 0.05) is 36.3 Å². The van der Waals surface area contributed by atoms with Crippen LogP contribution < -0.4 is 0 Å². The largest absolute Gasteiger partial charge is 0.336 e. The summed E-state index contributed by atoms with van der Waals surface area (Å²) in [5.41, 5.74) is 0.740. The van der Waals surface area contributed by atoms with E-state index in [4.69, 9.17) is 0 Å². The van der Waals surface area contributed by atoms with Gasteiger partial charge in [-0.05, 0) is 19.8 Å². The SMILES string of the molecule is CCn1cc(C(=O)N2CCSC3(CCCCC3)C2)cn1. The molecular weight excluding hydrogens is 270 g/mol. The van der Waals surface area contributed by atoms with E-state index >= 15 is 0 Å². The lowest BCUT2D eigenvalue weighted by Crippen LogP contribution is -2.49. The third-order valence-corrected chi connectivity index (χ3v) is 6.04. The fourth-order valence-corrected chi connectivity index (χ4v) is 4.92. The highest BCUT2D eigenvalue weighted by Gasteiger charge is 2.38. The van der Waals surface area contributed by atoms with E-state index in [1.54, 1.807) is 6.20 Å². The summed E-state index contributed by atoms with van der Waals surface area (Å²) in [6.45, 7) is 4.65. The van der Waals surface area contributed by atoms with E-state index in [9.17, 15) is 4.79 Å². The quantitative estimate of drug-likeness (QED) is 0.841. The average molecular weight is 293 g/mol. The third-order valence-electron chi connectivity index (χ3n) is 4.50. The molecule has 1 saturated carbocycles. The van der Waals surface area contributed by atoms with Gasteiger partial charge in [0.15, 0.2) is 0 Å². The molecule has 2 aliphatic rings. The zero-order valence-electron chi connectivity index (χ0n) is 12.2. The second kappa shape index (κ2) is 5.80. The molecule has 1 amide bonds. The maximum atomic E-state index is 12.6. The first-order valence-corrected chi connectivity index (χ1v) is 8.67. The van der Waals surface area contributed by atoms with Gasteiger partial charge >= 0.3 is 0 Å². The van der Waals surface area contributed by atoms with Gasteiger partial charge in [0.05, 0.1) is 11.8 Å². The van der Waals surface area contributed by atoms with Gasteiger partial charge in [-0.15, -0.1) is 0 Å². The van der Waals surface area contributed by atoms with E-state index in [2.05, 4.69) is 21.8 Å². The number of aromatic nitrogens is 2. The van der Waals surface area contributed by atoms with E-state index in [-0.39, 0.29) is 5.91 Å². The van der Waals surface area contributed by atoms with Crippen molar-refractivity contribution in [2.45, 2.75) is 50.3 Å². The van der Waals surface area contributed by atoms with Crippen LogP contribution in [0.1, 0.15) is 49.4 Å². The second-order valence-corrected chi connectivity index (χ2v) is 7.47. The Labute approximate surface area is 124 Å². The van der Waals surface area contributed by atoms with Gasteiger partial charge < -0.3 is 4.90 Å². The standard InChI is InChI=1S/C15H23N3OS/c1-2-18-11-13(10-16-18)14(19)17-8-9-20-15(12-17)6-4-3-5-7-15/h10-11H,2-9,12H2,1H3. The van der Waals surface area contributed by atoms with Gasteiger partial charge in [-0.3, -0.25) is 9.48 Å². The summed E-state index contributed by atoms with van der Waals surface area (Å²) in [5, 5.41) is 4.22. The molecule has 1 aromatic rings. The van der Waals surface area contributed by atoms with Crippen LogP contribution in [-0.4, -0.2) is 44.2 Å². The van der Waals surface area contributed by atoms with Crippen molar-refractivity contribution in [3.8, 4) is 0 Å².